The van der Waals surface area contributed by atoms with Crippen LogP contribution in [0.5, 0.6) is 5.75 Å². The summed E-state index contributed by atoms with van der Waals surface area (Å²) in [5, 5.41) is 0. The van der Waals surface area contributed by atoms with Crippen molar-refractivity contribution in [2.75, 3.05) is 0 Å². The molecule has 2 rings (SSSR count). The Morgan fingerprint density at radius 2 is 1.82 bits per heavy atom. The zero-order valence-electron chi connectivity index (χ0n) is 9.47. The van der Waals surface area contributed by atoms with Crippen molar-refractivity contribution < 1.29 is 4.74 Å². The molecule has 2 heteroatoms. The number of hydrogen-bond acceptors (Lipinski definition) is 1. The van der Waals surface area contributed by atoms with Crippen LogP contribution in [0, 0.1) is 10.5 Å². The minimum atomic E-state index is 0.0226. The standard InChI is InChI=1S/C15H14IO/c1-2-15(12-7-4-3-5-8-12)17-14-10-6-9-13(16)11-14/h3-11,15H,1-2H2. The normalized spacial score (nSPS) is 12.1. The molecule has 0 fully saturated rings. The molecule has 0 aliphatic rings. The van der Waals surface area contributed by atoms with Crippen molar-refractivity contribution in [2.24, 2.45) is 0 Å². The van der Waals surface area contributed by atoms with E-state index in [2.05, 4.69) is 47.7 Å². The van der Waals surface area contributed by atoms with Crippen LogP contribution in [0.2, 0.25) is 0 Å². The van der Waals surface area contributed by atoms with Gasteiger partial charge in [0.05, 0.1) is 0 Å². The van der Waals surface area contributed by atoms with Gasteiger partial charge in [-0.3, -0.25) is 0 Å². The first-order chi connectivity index (χ1) is 8.29. The Hall–Kier alpha value is -1.03. The summed E-state index contributed by atoms with van der Waals surface area (Å²) in [7, 11) is 0. The van der Waals surface area contributed by atoms with Gasteiger partial charge in [0.2, 0.25) is 0 Å². The van der Waals surface area contributed by atoms with Gasteiger partial charge in [0.1, 0.15) is 11.9 Å². The molecule has 0 amide bonds. The maximum Gasteiger partial charge on any atom is 0.124 e. The van der Waals surface area contributed by atoms with Gasteiger partial charge < -0.3 is 4.74 Å². The van der Waals surface area contributed by atoms with E-state index in [1.54, 1.807) is 0 Å². The Morgan fingerprint density at radius 1 is 1.06 bits per heavy atom. The smallest absolute Gasteiger partial charge is 0.124 e. The van der Waals surface area contributed by atoms with Crippen LogP contribution in [0.25, 0.3) is 0 Å². The summed E-state index contributed by atoms with van der Waals surface area (Å²) in [6.07, 6.45) is 0.740. The van der Waals surface area contributed by atoms with Crippen LogP contribution in [0.15, 0.2) is 54.6 Å². The predicted octanol–water partition coefficient (Wildman–Crippen LogP) is 4.64. The van der Waals surface area contributed by atoms with Gasteiger partial charge in [0, 0.05) is 3.57 Å². The van der Waals surface area contributed by atoms with Crippen molar-refractivity contribution in [3.63, 3.8) is 0 Å². The molecule has 0 N–H and O–H groups in total. The van der Waals surface area contributed by atoms with Gasteiger partial charge in [-0.15, -0.1) is 0 Å². The van der Waals surface area contributed by atoms with Crippen molar-refractivity contribution in [3.8, 4) is 5.75 Å². The summed E-state index contributed by atoms with van der Waals surface area (Å²) < 4.78 is 7.14. The third kappa shape index (κ3) is 3.46. The minimum Gasteiger partial charge on any atom is -0.486 e. The molecule has 1 unspecified atom stereocenters. The maximum absolute atomic E-state index is 5.96. The van der Waals surface area contributed by atoms with Crippen molar-refractivity contribution in [3.05, 3.63) is 70.7 Å². The monoisotopic (exact) mass is 337 g/mol. The average Bonchev–Trinajstić information content (AvgIpc) is 2.37. The lowest BCUT2D eigenvalue weighted by Crippen LogP contribution is -2.06. The lowest BCUT2D eigenvalue weighted by molar-refractivity contribution is 0.208. The van der Waals surface area contributed by atoms with E-state index in [9.17, 15) is 0 Å². The van der Waals surface area contributed by atoms with Gasteiger partial charge in [-0.1, -0.05) is 36.4 Å². The first-order valence-corrected chi connectivity index (χ1v) is 6.64. The summed E-state index contributed by atoms with van der Waals surface area (Å²) in [6.45, 7) is 3.95. The largest absolute Gasteiger partial charge is 0.486 e. The molecule has 1 radical (unpaired) electrons. The fraction of sp³-hybridized carbons (Fsp3) is 0.133. The van der Waals surface area contributed by atoms with E-state index in [1.165, 1.54) is 9.13 Å². The lowest BCUT2D eigenvalue weighted by atomic mass is 10.1. The fourth-order valence-electron chi connectivity index (χ4n) is 1.67. The van der Waals surface area contributed by atoms with E-state index in [0.29, 0.717) is 0 Å². The SMILES string of the molecule is [CH2]CC(Oc1cccc(I)c1)c1ccccc1. The number of rotatable bonds is 4. The second-order valence-electron chi connectivity index (χ2n) is 3.76. The Labute approximate surface area is 116 Å². The molecule has 17 heavy (non-hydrogen) atoms. The lowest BCUT2D eigenvalue weighted by Gasteiger charge is -2.18. The van der Waals surface area contributed by atoms with Crippen molar-refractivity contribution in [1.82, 2.24) is 0 Å². The Kier molecular flexibility index (Phi) is 4.42. The van der Waals surface area contributed by atoms with Crippen molar-refractivity contribution in [2.45, 2.75) is 12.5 Å². The molecule has 87 valence electrons. The van der Waals surface area contributed by atoms with Crippen LogP contribution < -0.4 is 4.74 Å². The summed E-state index contributed by atoms with van der Waals surface area (Å²) in [5.41, 5.74) is 1.17. The first-order valence-electron chi connectivity index (χ1n) is 5.56. The molecule has 2 aromatic rings. The Morgan fingerprint density at radius 3 is 2.47 bits per heavy atom. The zero-order valence-corrected chi connectivity index (χ0v) is 11.6. The maximum atomic E-state index is 5.96. The van der Waals surface area contributed by atoms with Crippen molar-refractivity contribution >= 4 is 22.6 Å². The number of hydrogen-bond donors (Lipinski definition) is 0. The molecule has 0 saturated heterocycles. The summed E-state index contributed by atoms with van der Waals surface area (Å²) in [4.78, 5) is 0. The van der Waals surface area contributed by atoms with Gasteiger partial charge in [0.25, 0.3) is 0 Å². The highest BCUT2D eigenvalue weighted by atomic mass is 127. The van der Waals surface area contributed by atoms with Gasteiger partial charge >= 0.3 is 0 Å². The first kappa shape index (κ1) is 12.4. The van der Waals surface area contributed by atoms with E-state index >= 15 is 0 Å². The van der Waals surface area contributed by atoms with E-state index in [0.717, 1.165) is 12.2 Å². The molecule has 0 aliphatic carbocycles. The second kappa shape index (κ2) is 6.05. The highest BCUT2D eigenvalue weighted by Gasteiger charge is 2.10. The molecular weight excluding hydrogens is 323 g/mol. The van der Waals surface area contributed by atoms with E-state index < -0.39 is 0 Å². The summed E-state index contributed by atoms with van der Waals surface area (Å²) in [6, 6.07) is 18.3. The van der Waals surface area contributed by atoms with Crippen molar-refractivity contribution in [1.29, 1.82) is 0 Å². The molecule has 0 spiro atoms. The minimum absolute atomic E-state index is 0.0226. The molecule has 0 aliphatic heterocycles. The number of halogens is 1. The van der Waals surface area contributed by atoms with Gasteiger partial charge in [-0.2, -0.15) is 0 Å². The van der Waals surface area contributed by atoms with Crippen LogP contribution in [0.3, 0.4) is 0 Å². The molecule has 0 aromatic heterocycles. The summed E-state index contributed by atoms with van der Waals surface area (Å²) >= 11 is 2.28. The third-order valence-corrected chi connectivity index (χ3v) is 3.18. The van der Waals surface area contributed by atoms with Gasteiger partial charge in [-0.05, 0) is 59.7 Å². The fourth-order valence-corrected chi connectivity index (χ4v) is 2.18. The van der Waals surface area contributed by atoms with E-state index in [1.807, 2.05) is 36.4 Å². The molecular formula is C15H14IO. The predicted molar refractivity (Wildman–Crippen MR) is 78.9 cm³/mol. The second-order valence-corrected chi connectivity index (χ2v) is 5.01. The topological polar surface area (TPSA) is 9.23 Å². The molecule has 0 saturated carbocycles. The van der Waals surface area contributed by atoms with Gasteiger partial charge in [-0.25, -0.2) is 0 Å². The quantitative estimate of drug-likeness (QED) is 0.739. The van der Waals surface area contributed by atoms with Crippen LogP contribution in [0.4, 0.5) is 0 Å². The number of ether oxygens (including phenoxy) is 1. The van der Waals surface area contributed by atoms with Crippen LogP contribution in [-0.4, -0.2) is 0 Å². The average molecular weight is 337 g/mol. The van der Waals surface area contributed by atoms with E-state index in [4.69, 9.17) is 4.74 Å². The molecule has 0 heterocycles. The Bertz CT molecular complexity index is 467. The van der Waals surface area contributed by atoms with Crippen LogP contribution in [-0.2, 0) is 0 Å². The molecule has 2 aromatic carbocycles. The van der Waals surface area contributed by atoms with Crippen LogP contribution in [0.1, 0.15) is 18.1 Å². The molecule has 1 nitrogen and oxygen atoms in total. The van der Waals surface area contributed by atoms with Gasteiger partial charge in [0.15, 0.2) is 0 Å². The van der Waals surface area contributed by atoms with E-state index in [-0.39, 0.29) is 6.10 Å². The third-order valence-electron chi connectivity index (χ3n) is 2.51. The molecule has 0 bridgehead atoms. The summed E-state index contributed by atoms with van der Waals surface area (Å²) in [5.74, 6) is 0.898. The highest BCUT2D eigenvalue weighted by Crippen LogP contribution is 2.25. The zero-order chi connectivity index (χ0) is 12.1. The highest BCUT2D eigenvalue weighted by molar-refractivity contribution is 14.1. The number of benzene rings is 2. The van der Waals surface area contributed by atoms with Crippen LogP contribution >= 0.6 is 22.6 Å². The molecule has 1 atom stereocenters. The Balaban J connectivity index is 2.16.